The number of nitrogens with one attached hydrogen (secondary N) is 2. The van der Waals surface area contributed by atoms with Gasteiger partial charge in [-0.2, -0.15) is 13.2 Å². The predicted octanol–water partition coefficient (Wildman–Crippen LogP) is 5.45. The second-order valence-electron chi connectivity index (χ2n) is 6.40. The fourth-order valence-corrected chi connectivity index (χ4v) is 3.29. The number of nitrogens with zero attached hydrogens (tertiary/aromatic N) is 2. The van der Waals surface area contributed by atoms with Crippen LogP contribution < -0.4 is 10.9 Å². The van der Waals surface area contributed by atoms with Crippen molar-refractivity contribution in [3.63, 3.8) is 0 Å². The van der Waals surface area contributed by atoms with Gasteiger partial charge in [-0.05, 0) is 29.7 Å². The maximum Gasteiger partial charge on any atom is 0.417 e. The molecule has 0 spiro atoms. The molecular formula is C21H14ClF3N4O. The van der Waals surface area contributed by atoms with Gasteiger partial charge in [-0.3, -0.25) is 20.2 Å². The predicted molar refractivity (Wildman–Crippen MR) is 109 cm³/mol. The number of halogens is 4. The first-order chi connectivity index (χ1) is 14.3. The van der Waals surface area contributed by atoms with Crippen LogP contribution in [-0.2, 0) is 6.18 Å². The molecule has 5 nitrogen and oxygen atoms in total. The molecule has 2 aromatic heterocycles. The van der Waals surface area contributed by atoms with Crippen molar-refractivity contribution in [3.8, 4) is 5.82 Å². The van der Waals surface area contributed by atoms with E-state index >= 15 is 0 Å². The van der Waals surface area contributed by atoms with Crippen LogP contribution in [0.1, 0.15) is 16.1 Å². The Morgan fingerprint density at radius 2 is 1.80 bits per heavy atom. The molecule has 1 amide bonds. The van der Waals surface area contributed by atoms with E-state index in [0.29, 0.717) is 11.9 Å². The quantitative estimate of drug-likeness (QED) is 0.423. The molecule has 0 aliphatic heterocycles. The molecule has 4 rings (SSSR count). The molecular weight excluding hydrogens is 417 g/mol. The van der Waals surface area contributed by atoms with Gasteiger partial charge in [0.2, 0.25) is 0 Å². The van der Waals surface area contributed by atoms with Crippen LogP contribution in [0.5, 0.6) is 0 Å². The topological polar surface area (TPSA) is 59.0 Å². The standard InChI is InChI=1S/C21H14ClF3N4O/c22-16-11-14(21(23,24)25)12-26-19(16)29-10-4-9-18(29)20(30)28-27-17-8-3-6-13-5-1-2-7-15(13)17/h1-12,27H,(H,28,30). The maximum atomic E-state index is 12.8. The Kier molecular flexibility index (Phi) is 5.09. The van der Waals surface area contributed by atoms with Gasteiger partial charge in [0.25, 0.3) is 5.91 Å². The first kappa shape index (κ1) is 19.8. The van der Waals surface area contributed by atoms with Gasteiger partial charge in [-0.25, -0.2) is 4.98 Å². The van der Waals surface area contributed by atoms with Crippen molar-refractivity contribution in [3.05, 3.63) is 89.3 Å². The monoisotopic (exact) mass is 430 g/mol. The fourth-order valence-electron chi connectivity index (χ4n) is 3.04. The average molecular weight is 431 g/mol. The van der Waals surface area contributed by atoms with E-state index in [4.69, 9.17) is 11.6 Å². The highest BCUT2D eigenvalue weighted by Gasteiger charge is 2.32. The van der Waals surface area contributed by atoms with Gasteiger partial charge in [0.15, 0.2) is 5.82 Å². The number of hydrogen-bond donors (Lipinski definition) is 2. The number of anilines is 1. The third kappa shape index (κ3) is 3.81. The van der Waals surface area contributed by atoms with Crippen LogP contribution in [0.2, 0.25) is 5.02 Å². The summed E-state index contributed by atoms with van der Waals surface area (Å²) in [6, 6.07) is 17.1. The van der Waals surface area contributed by atoms with Crippen molar-refractivity contribution in [2.75, 3.05) is 5.43 Å². The van der Waals surface area contributed by atoms with Gasteiger partial charge < -0.3 is 0 Å². The van der Waals surface area contributed by atoms with E-state index in [2.05, 4.69) is 15.8 Å². The van der Waals surface area contributed by atoms with Crippen LogP contribution in [0.4, 0.5) is 18.9 Å². The summed E-state index contributed by atoms with van der Waals surface area (Å²) < 4.78 is 39.9. The number of carbonyl (C=O) groups is 1. The first-order valence-corrected chi connectivity index (χ1v) is 9.17. The van der Waals surface area contributed by atoms with Gasteiger partial charge in [0, 0.05) is 17.8 Å². The zero-order valence-electron chi connectivity index (χ0n) is 15.2. The number of carbonyl (C=O) groups excluding carboxylic acids is 1. The number of hydrazine groups is 1. The van der Waals surface area contributed by atoms with Crippen LogP contribution >= 0.6 is 11.6 Å². The van der Waals surface area contributed by atoms with E-state index in [-0.39, 0.29) is 16.5 Å². The lowest BCUT2D eigenvalue weighted by molar-refractivity contribution is -0.137. The second-order valence-corrected chi connectivity index (χ2v) is 6.80. The molecule has 0 bridgehead atoms. The molecule has 2 aromatic carbocycles. The molecule has 0 aliphatic carbocycles. The molecule has 2 heterocycles. The Hall–Kier alpha value is -3.52. The van der Waals surface area contributed by atoms with Crippen LogP contribution in [-0.4, -0.2) is 15.5 Å². The summed E-state index contributed by atoms with van der Waals surface area (Å²) in [5.41, 5.74) is 5.36. The van der Waals surface area contributed by atoms with E-state index in [9.17, 15) is 18.0 Å². The Balaban J connectivity index is 1.58. The summed E-state index contributed by atoms with van der Waals surface area (Å²) in [6.07, 6.45) is -2.39. The van der Waals surface area contributed by atoms with E-state index < -0.39 is 17.6 Å². The Labute approximate surface area is 174 Å². The summed E-state index contributed by atoms with van der Waals surface area (Å²) >= 11 is 6.01. The average Bonchev–Trinajstić information content (AvgIpc) is 3.21. The maximum absolute atomic E-state index is 12.8. The minimum atomic E-state index is -4.56. The molecule has 0 radical (unpaired) electrons. The van der Waals surface area contributed by atoms with E-state index in [0.717, 1.165) is 16.8 Å². The molecule has 0 unspecified atom stereocenters. The van der Waals surface area contributed by atoms with Gasteiger partial charge in [0.05, 0.1) is 16.3 Å². The van der Waals surface area contributed by atoms with Crippen LogP contribution in [0.15, 0.2) is 73.1 Å². The summed E-state index contributed by atoms with van der Waals surface area (Å²) in [5.74, 6) is -0.490. The number of fused-ring (bicyclic) bond motifs is 1. The highest BCUT2D eigenvalue weighted by Crippen LogP contribution is 2.32. The Bertz CT molecular complexity index is 1230. The van der Waals surface area contributed by atoms with Crippen molar-refractivity contribution >= 4 is 34.0 Å². The molecule has 0 atom stereocenters. The molecule has 30 heavy (non-hydrogen) atoms. The third-order valence-electron chi connectivity index (χ3n) is 4.46. The lowest BCUT2D eigenvalue weighted by atomic mass is 10.1. The summed E-state index contributed by atoms with van der Waals surface area (Å²) in [7, 11) is 0. The van der Waals surface area contributed by atoms with Crippen LogP contribution in [0.25, 0.3) is 16.6 Å². The first-order valence-electron chi connectivity index (χ1n) is 8.79. The zero-order valence-corrected chi connectivity index (χ0v) is 16.0. The molecule has 0 saturated carbocycles. The number of benzene rings is 2. The van der Waals surface area contributed by atoms with Crippen molar-refractivity contribution in [1.82, 2.24) is 15.0 Å². The fraction of sp³-hybridized carbons (Fsp3) is 0.0476. The molecule has 0 aliphatic rings. The lowest BCUT2D eigenvalue weighted by Crippen LogP contribution is -2.31. The molecule has 152 valence electrons. The SMILES string of the molecule is O=C(NNc1cccc2ccccc12)c1cccn1-c1ncc(C(F)(F)F)cc1Cl. The Morgan fingerprint density at radius 3 is 2.57 bits per heavy atom. The van der Waals surface area contributed by atoms with Gasteiger partial charge >= 0.3 is 6.18 Å². The highest BCUT2D eigenvalue weighted by molar-refractivity contribution is 6.32. The summed E-state index contributed by atoms with van der Waals surface area (Å²) in [4.78, 5) is 16.5. The van der Waals surface area contributed by atoms with E-state index in [1.54, 1.807) is 6.07 Å². The summed E-state index contributed by atoms with van der Waals surface area (Å²) in [6.45, 7) is 0. The van der Waals surface area contributed by atoms with Gasteiger partial charge in [-0.15, -0.1) is 0 Å². The molecule has 4 aromatic rings. The minimum Gasteiger partial charge on any atom is -0.298 e. The number of amides is 1. The van der Waals surface area contributed by atoms with E-state index in [1.807, 2.05) is 42.5 Å². The molecule has 0 fully saturated rings. The van der Waals surface area contributed by atoms with Crippen LogP contribution in [0, 0.1) is 0 Å². The number of pyridine rings is 1. The molecule has 2 N–H and O–H groups in total. The van der Waals surface area contributed by atoms with Crippen molar-refractivity contribution < 1.29 is 18.0 Å². The van der Waals surface area contributed by atoms with Crippen molar-refractivity contribution in [1.29, 1.82) is 0 Å². The highest BCUT2D eigenvalue weighted by atomic mass is 35.5. The smallest absolute Gasteiger partial charge is 0.298 e. The third-order valence-corrected chi connectivity index (χ3v) is 4.74. The van der Waals surface area contributed by atoms with Gasteiger partial charge in [-0.1, -0.05) is 48.0 Å². The largest absolute Gasteiger partial charge is 0.417 e. The normalized spacial score (nSPS) is 11.5. The van der Waals surface area contributed by atoms with Gasteiger partial charge in [0.1, 0.15) is 5.69 Å². The number of rotatable bonds is 4. The lowest BCUT2D eigenvalue weighted by Gasteiger charge is -2.14. The zero-order chi connectivity index (χ0) is 21.3. The molecule has 0 saturated heterocycles. The Morgan fingerprint density at radius 1 is 1.03 bits per heavy atom. The van der Waals surface area contributed by atoms with E-state index in [1.165, 1.54) is 16.8 Å². The second kappa shape index (κ2) is 7.72. The molecule has 9 heteroatoms. The number of alkyl halides is 3. The van der Waals surface area contributed by atoms with Crippen LogP contribution in [0.3, 0.4) is 0 Å². The number of hydrogen-bond acceptors (Lipinski definition) is 3. The van der Waals surface area contributed by atoms with Crippen molar-refractivity contribution in [2.45, 2.75) is 6.18 Å². The number of aromatic nitrogens is 2. The summed E-state index contributed by atoms with van der Waals surface area (Å²) in [5, 5.41) is 1.70. The minimum absolute atomic E-state index is 0.0185. The van der Waals surface area contributed by atoms with Crippen molar-refractivity contribution in [2.24, 2.45) is 0 Å².